The van der Waals surface area contributed by atoms with Crippen LogP contribution in [0.5, 0.6) is 0 Å². The van der Waals surface area contributed by atoms with E-state index in [1.54, 1.807) is 0 Å². The van der Waals surface area contributed by atoms with E-state index in [2.05, 4.69) is 16.6 Å². The number of hydrogen-bond acceptors (Lipinski definition) is 3. The molecule has 0 amide bonds. The number of aromatic nitrogens is 1. The van der Waals surface area contributed by atoms with Crippen LogP contribution in [0.2, 0.25) is 10.2 Å². The van der Waals surface area contributed by atoms with Crippen LogP contribution >= 0.6 is 23.2 Å². The first-order valence-corrected chi connectivity index (χ1v) is 7.94. The fourth-order valence-corrected chi connectivity index (χ4v) is 3.04. The first-order chi connectivity index (χ1) is 8.36. The van der Waals surface area contributed by atoms with Crippen molar-refractivity contribution < 1.29 is 8.42 Å². The molecule has 1 aromatic heterocycles. The van der Waals surface area contributed by atoms with Gasteiger partial charge in [-0.15, -0.1) is 0 Å². The Morgan fingerprint density at radius 3 is 2.67 bits per heavy atom. The number of hydrogen-bond donors (Lipinski definition) is 1. The van der Waals surface area contributed by atoms with Crippen LogP contribution < -0.4 is 4.72 Å². The van der Waals surface area contributed by atoms with Crippen LogP contribution in [-0.4, -0.2) is 19.4 Å². The third-order valence-corrected chi connectivity index (χ3v) is 4.67. The second-order valence-corrected chi connectivity index (χ2v) is 6.59. The quantitative estimate of drug-likeness (QED) is 0.820. The molecule has 1 heterocycles. The van der Waals surface area contributed by atoms with Gasteiger partial charge in [0.2, 0.25) is 10.0 Å². The summed E-state index contributed by atoms with van der Waals surface area (Å²) in [4.78, 5) is 3.76. The van der Waals surface area contributed by atoms with Crippen molar-refractivity contribution >= 4 is 33.2 Å². The van der Waals surface area contributed by atoms with Crippen LogP contribution in [0.25, 0.3) is 0 Å². The fraction of sp³-hybridized carbons (Fsp3) is 0.545. The second-order valence-electron chi connectivity index (χ2n) is 4.11. The number of rotatable bonds is 6. The molecular formula is C11H16Cl2N2O2S. The molecule has 0 aliphatic heterocycles. The zero-order chi connectivity index (χ0) is 13.8. The molecule has 0 saturated heterocycles. The number of nitrogens with one attached hydrogen (secondary N) is 1. The third-order valence-electron chi connectivity index (χ3n) is 2.43. The molecule has 0 fully saturated rings. The molecule has 1 N–H and O–H groups in total. The first-order valence-electron chi connectivity index (χ1n) is 5.70. The van der Waals surface area contributed by atoms with Crippen LogP contribution in [0.4, 0.5) is 0 Å². The molecule has 1 rings (SSSR count). The molecule has 102 valence electrons. The summed E-state index contributed by atoms with van der Waals surface area (Å²) in [5, 5.41) is 0.218. The molecule has 0 bridgehead atoms. The highest BCUT2D eigenvalue weighted by Gasteiger charge is 2.18. The summed E-state index contributed by atoms with van der Waals surface area (Å²) in [7, 11) is -3.58. The maximum atomic E-state index is 12.0. The average Bonchev–Trinajstić information content (AvgIpc) is 2.29. The molecular weight excluding hydrogens is 295 g/mol. The van der Waals surface area contributed by atoms with Crippen molar-refractivity contribution in [1.29, 1.82) is 0 Å². The Morgan fingerprint density at radius 1 is 1.44 bits per heavy atom. The highest BCUT2D eigenvalue weighted by atomic mass is 35.5. The van der Waals surface area contributed by atoms with Gasteiger partial charge < -0.3 is 0 Å². The Labute approximate surface area is 118 Å². The minimum atomic E-state index is -3.58. The predicted molar refractivity (Wildman–Crippen MR) is 73.6 cm³/mol. The van der Waals surface area contributed by atoms with Crippen molar-refractivity contribution in [1.82, 2.24) is 9.71 Å². The van der Waals surface area contributed by atoms with Gasteiger partial charge in [0.1, 0.15) is 10.0 Å². The van der Waals surface area contributed by atoms with Crippen molar-refractivity contribution in [2.75, 3.05) is 0 Å². The van der Waals surface area contributed by atoms with Crippen molar-refractivity contribution in [3.8, 4) is 0 Å². The number of unbranched alkanes of at least 4 members (excludes halogenated alkanes) is 1. The molecule has 0 aromatic carbocycles. The molecule has 18 heavy (non-hydrogen) atoms. The largest absolute Gasteiger partial charge is 0.242 e. The smallest absolute Gasteiger partial charge is 0.242 e. The lowest BCUT2D eigenvalue weighted by Crippen LogP contribution is -2.32. The van der Waals surface area contributed by atoms with Gasteiger partial charge in [-0.05, 0) is 19.4 Å². The predicted octanol–water partition coefficient (Wildman–Crippen LogP) is 3.25. The summed E-state index contributed by atoms with van der Waals surface area (Å²) >= 11 is 11.4. The van der Waals surface area contributed by atoms with Crippen LogP contribution in [0, 0.1) is 0 Å². The van der Waals surface area contributed by atoms with Gasteiger partial charge in [-0.3, -0.25) is 0 Å². The molecule has 4 nitrogen and oxygen atoms in total. The SMILES string of the molecule is CCCCC(C)NS(=O)(=O)c1cnc(Cl)c(Cl)c1. The monoisotopic (exact) mass is 310 g/mol. The van der Waals surface area contributed by atoms with Gasteiger partial charge in [0.05, 0.1) is 5.02 Å². The zero-order valence-corrected chi connectivity index (χ0v) is 12.6. The van der Waals surface area contributed by atoms with Crippen LogP contribution in [0.1, 0.15) is 33.1 Å². The van der Waals surface area contributed by atoms with Crippen molar-refractivity contribution in [2.45, 2.75) is 44.0 Å². The molecule has 1 aromatic rings. The molecule has 0 spiro atoms. The zero-order valence-electron chi connectivity index (χ0n) is 10.3. The summed E-state index contributed by atoms with van der Waals surface area (Å²) in [6.45, 7) is 3.89. The standard InChI is InChI=1S/C11H16Cl2N2O2S/c1-3-4-5-8(2)15-18(16,17)9-6-10(12)11(13)14-7-9/h6-8,15H,3-5H2,1-2H3. The fourth-order valence-electron chi connectivity index (χ4n) is 1.45. The van der Waals surface area contributed by atoms with Gasteiger partial charge >= 0.3 is 0 Å². The Kier molecular flexibility index (Phi) is 5.85. The molecule has 1 unspecified atom stereocenters. The van der Waals surface area contributed by atoms with Crippen molar-refractivity contribution in [2.24, 2.45) is 0 Å². The second kappa shape index (κ2) is 6.70. The highest BCUT2D eigenvalue weighted by Crippen LogP contribution is 2.22. The Bertz CT molecular complexity index is 506. The minimum Gasteiger partial charge on any atom is -0.242 e. The summed E-state index contributed by atoms with van der Waals surface area (Å²) in [6.07, 6.45) is 4.00. The molecule has 0 aliphatic rings. The van der Waals surface area contributed by atoms with E-state index in [1.165, 1.54) is 12.3 Å². The van der Waals surface area contributed by atoms with Crippen LogP contribution in [-0.2, 0) is 10.0 Å². The van der Waals surface area contributed by atoms with Crippen LogP contribution in [0.15, 0.2) is 17.2 Å². The van der Waals surface area contributed by atoms with Crippen molar-refractivity contribution in [3.05, 3.63) is 22.4 Å². The average molecular weight is 311 g/mol. The number of pyridine rings is 1. The lowest BCUT2D eigenvalue weighted by Gasteiger charge is -2.13. The molecule has 0 aliphatic carbocycles. The summed E-state index contributed by atoms with van der Waals surface area (Å²) < 4.78 is 26.6. The van der Waals surface area contributed by atoms with E-state index in [4.69, 9.17) is 23.2 Å². The van der Waals surface area contributed by atoms with Gasteiger partial charge in [-0.1, -0.05) is 43.0 Å². The Hall–Kier alpha value is -0.360. The van der Waals surface area contributed by atoms with E-state index in [9.17, 15) is 8.42 Å². The number of sulfonamides is 1. The van der Waals surface area contributed by atoms with Crippen LogP contribution in [0.3, 0.4) is 0 Å². The lowest BCUT2D eigenvalue weighted by atomic mass is 10.2. The molecule has 0 radical (unpaired) electrons. The van der Waals surface area contributed by atoms with Crippen molar-refractivity contribution in [3.63, 3.8) is 0 Å². The Balaban J connectivity index is 2.83. The van der Waals surface area contributed by atoms with Gasteiger partial charge in [0.25, 0.3) is 0 Å². The maximum absolute atomic E-state index is 12.0. The first kappa shape index (κ1) is 15.7. The van der Waals surface area contributed by atoms with Gasteiger partial charge in [-0.2, -0.15) is 0 Å². The summed E-state index contributed by atoms with van der Waals surface area (Å²) in [5.41, 5.74) is 0. The highest BCUT2D eigenvalue weighted by molar-refractivity contribution is 7.89. The normalized spacial score (nSPS) is 13.6. The maximum Gasteiger partial charge on any atom is 0.242 e. The number of nitrogens with zero attached hydrogens (tertiary/aromatic N) is 1. The van der Waals surface area contributed by atoms with E-state index < -0.39 is 10.0 Å². The van der Waals surface area contributed by atoms with Gasteiger partial charge in [0, 0.05) is 12.2 Å². The van der Waals surface area contributed by atoms with E-state index in [1.807, 2.05) is 6.92 Å². The lowest BCUT2D eigenvalue weighted by molar-refractivity contribution is 0.534. The Morgan fingerprint density at radius 2 is 2.11 bits per heavy atom. The number of halogens is 2. The summed E-state index contributed by atoms with van der Waals surface area (Å²) in [6, 6.07) is 1.18. The van der Waals surface area contributed by atoms with E-state index >= 15 is 0 Å². The minimum absolute atomic E-state index is 0.0280. The van der Waals surface area contributed by atoms with E-state index in [0.717, 1.165) is 19.3 Å². The van der Waals surface area contributed by atoms with E-state index in [0.29, 0.717) is 0 Å². The topological polar surface area (TPSA) is 59.1 Å². The van der Waals surface area contributed by atoms with Gasteiger partial charge in [-0.25, -0.2) is 18.1 Å². The molecule has 7 heteroatoms. The molecule has 0 saturated carbocycles. The third kappa shape index (κ3) is 4.39. The molecule has 1 atom stereocenters. The van der Waals surface area contributed by atoms with Gasteiger partial charge in [0.15, 0.2) is 0 Å². The summed E-state index contributed by atoms with van der Waals surface area (Å²) in [5.74, 6) is 0. The van der Waals surface area contributed by atoms with E-state index in [-0.39, 0.29) is 21.1 Å².